The number of aromatic nitrogens is 3. The van der Waals surface area contributed by atoms with Crippen LogP contribution in [-0.4, -0.2) is 62.4 Å². The minimum absolute atomic E-state index is 0.102. The molecule has 184 valence electrons. The van der Waals surface area contributed by atoms with Crippen molar-refractivity contribution in [2.45, 2.75) is 31.5 Å². The molecule has 3 aliphatic heterocycles. The highest BCUT2D eigenvalue weighted by Crippen LogP contribution is 2.34. The number of fused-ring (bicyclic) bond motifs is 4. The van der Waals surface area contributed by atoms with E-state index >= 15 is 0 Å². The molecular formula is C27H25Cl2N5O2. The molecule has 0 spiro atoms. The molecule has 36 heavy (non-hydrogen) atoms. The number of hydrogen-bond donors (Lipinski definition) is 0. The maximum Gasteiger partial charge on any atom is 0.274 e. The van der Waals surface area contributed by atoms with Crippen molar-refractivity contribution in [3.8, 4) is 17.1 Å². The Morgan fingerprint density at radius 1 is 1.00 bits per heavy atom. The van der Waals surface area contributed by atoms with Gasteiger partial charge < -0.3 is 14.0 Å². The predicted molar refractivity (Wildman–Crippen MR) is 140 cm³/mol. The van der Waals surface area contributed by atoms with Gasteiger partial charge in [0, 0.05) is 54.6 Å². The van der Waals surface area contributed by atoms with E-state index in [9.17, 15) is 4.79 Å². The van der Waals surface area contributed by atoms with Gasteiger partial charge in [0.05, 0.1) is 23.5 Å². The van der Waals surface area contributed by atoms with E-state index in [1.165, 1.54) is 7.11 Å². The molecule has 3 aliphatic rings. The molecule has 3 saturated heterocycles. The molecular weight excluding hydrogens is 497 g/mol. The van der Waals surface area contributed by atoms with Crippen molar-refractivity contribution in [1.82, 2.24) is 24.2 Å². The summed E-state index contributed by atoms with van der Waals surface area (Å²) in [6.07, 6.45) is 4.07. The van der Waals surface area contributed by atoms with E-state index < -0.39 is 0 Å². The molecule has 3 aromatic heterocycles. The average molecular weight is 522 g/mol. The Labute approximate surface area is 219 Å². The molecule has 7 nitrogen and oxygen atoms in total. The lowest BCUT2D eigenvalue weighted by atomic mass is 9.90. The predicted octanol–water partition coefficient (Wildman–Crippen LogP) is 5.20. The van der Waals surface area contributed by atoms with Crippen LogP contribution in [0.2, 0.25) is 10.0 Å². The number of amides is 1. The second-order valence-electron chi connectivity index (χ2n) is 9.30. The number of ether oxygens (including phenoxy) is 1. The topological polar surface area (TPSA) is 63.0 Å². The number of rotatable bonds is 5. The molecule has 9 heteroatoms. The fourth-order valence-electron chi connectivity index (χ4n) is 5.41. The molecule has 0 saturated carbocycles. The number of hydrogen-bond acceptors (Lipinski definition) is 5. The Kier molecular flexibility index (Phi) is 6.07. The largest absolute Gasteiger partial charge is 0.481 e. The summed E-state index contributed by atoms with van der Waals surface area (Å²) in [5.74, 6) is 0.249. The third kappa shape index (κ3) is 4.11. The number of piperidine rings is 2. The van der Waals surface area contributed by atoms with Crippen LogP contribution in [0.4, 0.5) is 0 Å². The molecule has 4 aromatic rings. The summed E-state index contributed by atoms with van der Waals surface area (Å²) in [5.41, 5.74) is 4.29. The average Bonchev–Trinajstić information content (AvgIpc) is 3.27. The number of imidazole rings is 1. The van der Waals surface area contributed by atoms with Crippen LogP contribution in [0.1, 0.15) is 29.0 Å². The number of benzene rings is 1. The minimum Gasteiger partial charge on any atom is -0.481 e. The van der Waals surface area contributed by atoms with E-state index in [0.29, 0.717) is 22.5 Å². The Balaban J connectivity index is 1.28. The van der Waals surface area contributed by atoms with Crippen LogP contribution in [0.5, 0.6) is 5.88 Å². The monoisotopic (exact) mass is 521 g/mol. The normalized spacial score (nSPS) is 19.7. The maximum absolute atomic E-state index is 13.4. The lowest BCUT2D eigenvalue weighted by Crippen LogP contribution is -2.63. The molecule has 0 radical (unpaired) electrons. The third-order valence-electron chi connectivity index (χ3n) is 7.24. The van der Waals surface area contributed by atoms with Gasteiger partial charge in [0.15, 0.2) is 5.69 Å². The number of carbonyl (C=O) groups excluding carboxylic acids is 1. The van der Waals surface area contributed by atoms with Crippen molar-refractivity contribution in [3.05, 3.63) is 82.2 Å². The van der Waals surface area contributed by atoms with E-state index in [4.69, 9.17) is 32.9 Å². The van der Waals surface area contributed by atoms with Crippen LogP contribution in [-0.2, 0) is 6.54 Å². The standard InChI is InChI=1S/C27H25Cl2N5O2/c1-36-24-12-11-21(29)26(31-24)27(35)34-15-19-9-10-20(34)14-32(19)16-22-25(17-5-7-18(28)8-6-17)30-23-4-2-3-13-33(22)23/h2-8,11-13,19-20H,9-10,14-16H2,1H3/t19-,20+/m1/s1. The lowest BCUT2D eigenvalue weighted by Gasteiger charge is -2.51. The van der Waals surface area contributed by atoms with Crippen molar-refractivity contribution < 1.29 is 9.53 Å². The van der Waals surface area contributed by atoms with E-state index in [2.05, 4.69) is 20.5 Å². The van der Waals surface area contributed by atoms with Crippen molar-refractivity contribution >= 4 is 34.8 Å². The van der Waals surface area contributed by atoms with Gasteiger partial charge in [0.1, 0.15) is 5.65 Å². The number of carbonyl (C=O) groups is 1. The van der Waals surface area contributed by atoms with Crippen molar-refractivity contribution in [3.63, 3.8) is 0 Å². The molecule has 7 rings (SSSR count). The van der Waals surface area contributed by atoms with Gasteiger partial charge in [-0.05, 0) is 43.2 Å². The number of nitrogens with zero attached hydrogens (tertiary/aromatic N) is 5. The van der Waals surface area contributed by atoms with Gasteiger partial charge in [-0.1, -0.05) is 41.4 Å². The van der Waals surface area contributed by atoms with Crippen molar-refractivity contribution in [1.29, 1.82) is 0 Å². The van der Waals surface area contributed by atoms with E-state index in [1.54, 1.807) is 12.1 Å². The highest BCUT2D eigenvalue weighted by atomic mass is 35.5. The quantitative estimate of drug-likeness (QED) is 0.361. The number of pyridine rings is 2. The Morgan fingerprint density at radius 3 is 2.56 bits per heavy atom. The molecule has 2 atom stereocenters. The first-order valence-electron chi connectivity index (χ1n) is 12.0. The third-order valence-corrected chi connectivity index (χ3v) is 7.79. The summed E-state index contributed by atoms with van der Waals surface area (Å²) in [6, 6.07) is 17.6. The van der Waals surface area contributed by atoms with Crippen LogP contribution in [0, 0.1) is 0 Å². The van der Waals surface area contributed by atoms with Crippen LogP contribution in [0.3, 0.4) is 0 Å². The first kappa shape index (κ1) is 23.3. The zero-order valence-corrected chi connectivity index (χ0v) is 21.3. The van der Waals surface area contributed by atoms with Crippen molar-refractivity contribution in [2.24, 2.45) is 0 Å². The molecule has 0 aliphatic carbocycles. The zero-order chi connectivity index (χ0) is 24.8. The van der Waals surface area contributed by atoms with Crippen molar-refractivity contribution in [2.75, 3.05) is 20.2 Å². The van der Waals surface area contributed by atoms with Gasteiger partial charge in [-0.3, -0.25) is 9.69 Å². The molecule has 3 fully saturated rings. The molecule has 2 bridgehead atoms. The fourth-order valence-corrected chi connectivity index (χ4v) is 5.72. The lowest BCUT2D eigenvalue weighted by molar-refractivity contribution is -0.0162. The number of halogens is 2. The summed E-state index contributed by atoms with van der Waals surface area (Å²) < 4.78 is 7.37. The second kappa shape index (κ2) is 9.39. The minimum atomic E-state index is -0.134. The Hall–Kier alpha value is -3.13. The fraction of sp³-hybridized carbons (Fsp3) is 0.296. The van der Waals surface area contributed by atoms with Gasteiger partial charge in [-0.25, -0.2) is 9.97 Å². The van der Waals surface area contributed by atoms with Gasteiger partial charge in [-0.2, -0.15) is 0 Å². The first-order chi connectivity index (χ1) is 17.5. The molecule has 6 heterocycles. The van der Waals surface area contributed by atoms with E-state index in [1.807, 2.05) is 47.4 Å². The maximum atomic E-state index is 13.4. The van der Waals surface area contributed by atoms with Gasteiger partial charge in [0.2, 0.25) is 5.88 Å². The van der Waals surface area contributed by atoms with Crippen LogP contribution < -0.4 is 4.74 Å². The van der Waals surface area contributed by atoms with Crippen LogP contribution in [0.25, 0.3) is 16.9 Å². The molecule has 1 aromatic carbocycles. The number of piperazine rings is 1. The molecule has 1 amide bonds. The molecule has 0 N–H and O–H groups in total. The zero-order valence-electron chi connectivity index (χ0n) is 19.8. The Bertz CT molecular complexity index is 1440. The first-order valence-corrected chi connectivity index (χ1v) is 12.7. The highest BCUT2D eigenvalue weighted by molar-refractivity contribution is 6.33. The highest BCUT2D eigenvalue weighted by Gasteiger charge is 2.42. The smallest absolute Gasteiger partial charge is 0.274 e. The van der Waals surface area contributed by atoms with Gasteiger partial charge >= 0.3 is 0 Å². The van der Waals surface area contributed by atoms with Crippen LogP contribution >= 0.6 is 23.2 Å². The SMILES string of the molecule is COc1ccc(Cl)c(C(=O)N2C[C@H]3CC[C@H]2CN3Cc2c(-c3ccc(Cl)cc3)nc3ccccn23)n1. The summed E-state index contributed by atoms with van der Waals surface area (Å²) in [4.78, 5) is 27.1. The van der Waals surface area contributed by atoms with Gasteiger partial charge in [0.25, 0.3) is 5.91 Å². The second-order valence-corrected chi connectivity index (χ2v) is 10.1. The summed E-state index contributed by atoms with van der Waals surface area (Å²) in [7, 11) is 1.53. The number of methoxy groups -OCH3 is 1. The van der Waals surface area contributed by atoms with E-state index in [-0.39, 0.29) is 23.7 Å². The molecule has 0 unspecified atom stereocenters. The van der Waals surface area contributed by atoms with Gasteiger partial charge in [-0.15, -0.1) is 0 Å². The summed E-state index contributed by atoms with van der Waals surface area (Å²) in [5, 5.41) is 1.05. The summed E-state index contributed by atoms with van der Waals surface area (Å²) in [6.45, 7) is 2.17. The van der Waals surface area contributed by atoms with E-state index in [0.717, 1.165) is 48.5 Å². The Morgan fingerprint density at radius 2 is 1.81 bits per heavy atom. The summed E-state index contributed by atoms with van der Waals surface area (Å²) >= 11 is 12.5. The van der Waals surface area contributed by atoms with Crippen LogP contribution in [0.15, 0.2) is 60.8 Å².